The Kier molecular flexibility index (Phi) is 4.75. The monoisotopic (exact) mass is 196 g/mol. The summed E-state index contributed by atoms with van der Waals surface area (Å²) in [5, 5.41) is 0. The van der Waals surface area contributed by atoms with E-state index in [0.717, 1.165) is 12.8 Å². The van der Waals surface area contributed by atoms with Gasteiger partial charge in [-0.3, -0.25) is 0 Å². The maximum absolute atomic E-state index is 5.34. The molecule has 1 aromatic heterocycles. The van der Waals surface area contributed by atoms with Crippen molar-refractivity contribution in [1.29, 1.82) is 0 Å². The van der Waals surface area contributed by atoms with Crippen LogP contribution in [0.25, 0.3) is 0 Å². The zero-order valence-electron chi connectivity index (χ0n) is 8.69. The van der Waals surface area contributed by atoms with E-state index in [1.165, 1.54) is 6.33 Å². The van der Waals surface area contributed by atoms with Crippen LogP contribution in [-0.4, -0.2) is 23.2 Å². The number of hydrogen-bond donors (Lipinski definition) is 0. The van der Waals surface area contributed by atoms with Gasteiger partial charge >= 0.3 is 0 Å². The highest BCUT2D eigenvalue weighted by Crippen LogP contribution is 2.13. The Labute approximate surface area is 84.3 Å². The summed E-state index contributed by atoms with van der Waals surface area (Å²) >= 11 is 0. The molecule has 0 bridgehead atoms. The summed E-state index contributed by atoms with van der Waals surface area (Å²) in [4.78, 5) is 7.94. The molecule has 0 radical (unpaired) electrons. The van der Waals surface area contributed by atoms with Crippen LogP contribution >= 0.6 is 0 Å². The highest BCUT2D eigenvalue weighted by molar-refractivity contribution is 5.17. The Balaban J connectivity index is 2.50. The molecule has 1 rings (SSSR count). The molecule has 4 heteroatoms. The van der Waals surface area contributed by atoms with E-state index in [2.05, 4.69) is 23.8 Å². The van der Waals surface area contributed by atoms with Gasteiger partial charge in [-0.05, 0) is 12.8 Å². The zero-order chi connectivity index (χ0) is 10.2. The lowest BCUT2D eigenvalue weighted by atomic mass is 10.5. The summed E-state index contributed by atoms with van der Waals surface area (Å²) < 4.78 is 10.7. The molecule has 0 atom stereocenters. The van der Waals surface area contributed by atoms with Crippen LogP contribution in [0.4, 0.5) is 0 Å². The predicted molar refractivity (Wildman–Crippen MR) is 53.6 cm³/mol. The van der Waals surface area contributed by atoms with Crippen molar-refractivity contribution < 1.29 is 9.47 Å². The van der Waals surface area contributed by atoms with Gasteiger partial charge in [0.15, 0.2) is 0 Å². The molecule has 78 valence electrons. The SMILES string of the molecule is CCCOc1cc(OCCC)ncn1. The second kappa shape index (κ2) is 6.18. The first-order valence-electron chi connectivity index (χ1n) is 4.94. The maximum Gasteiger partial charge on any atom is 0.220 e. The van der Waals surface area contributed by atoms with E-state index in [4.69, 9.17) is 9.47 Å². The average molecular weight is 196 g/mol. The second-order valence-electron chi connectivity index (χ2n) is 2.89. The summed E-state index contributed by atoms with van der Waals surface area (Å²) in [7, 11) is 0. The summed E-state index contributed by atoms with van der Waals surface area (Å²) in [5.41, 5.74) is 0. The van der Waals surface area contributed by atoms with Crippen molar-refractivity contribution in [2.24, 2.45) is 0 Å². The first-order chi connectivity index (χ1) is 6.86. The van der Waals surface area contributed by atoms with E-state index in [1.54, 1.807) is 6.07 Å². The molecule has 0 aliphatic carbocycles. The molecular weight excluding hydrogens is 180 g/mol. The van der Waals surface area contributed by atoms with E-state index >= 15 is 0 Å². The first kappa shape index (κ1) is 10.8. The molecule has 0 spiro atoms. The summed E-state index contributed by atoms with van der Waals surface area (Å²) in [5.74, 6) is 1.15. The zero-order valence-corrected chi connectivity index (χ0v) is 8.69. The van der Waals surface area contributed by atoms with Gasteiger partial charge in [-0.1, -0.05) is 13.8 Å². The Morgan fingerprint density at radius 2 is 1.50 bits per heavy atom. The number of nitrogens with zero attached hydrogens (tertiary/aromatic N) is 2. The standard InChI is InChI=1S/C10H16N2O2/c1-3-5-13-9-7-10(12-8-11-9)14-6-4-2/h7-8H,3-6H2,1-2H3. The van der Waals surface area contributed by atoms with Crippen LogP contribution in [0, 0.1) is 0 Å². The third-order valence-corrected chi connectivity index (χ3v) is 1.53. The smallest absolute Gasteiger partial charge is 0.220 e. The van der Waals surface area contributed by atoms with Crippen LogP contribution in [0.3, 0.4) is 0 Å². The van der Waals surface area contributed by atoms with E-state index < -0.39 is 0 Å². The molecule has 0 aliphatic heterocycles. The number of aromatic nitrogens is 2. The Bertz CT molecular complexity index is 243. The minimum Gasteiger partial charge on any atom is -0.478 e. The number of ether oxygens (including phenoxy) is 2. The second-order valence-corrected chi connectivity index (χ2v) is 2.89. The Morgan fingerprint density at radius 3 is 1.93 bits per heavy atom. The van der Waals surface area contributed by atoms with Gasteiger partial charge in [0.05, 0.1) is 19.3 Å². The fraction of sp³-hybridized carbons (Fsp3) is 0.600. The molecule has 0 aliphatic rings. The third kappa shape index (κ3) is 3.60. The van der Waals surface area contributed by atoms with E-state index in [0.29, 0.717) is 25.0 Å². The average Bonchev–Trinajstić information content (AvgIpc) is 2.24. The van der Waals surface area contributed by atoms with Gasteiger partial charge < -0.3 is 9.47 Å². The topological polar surface area (TPSA) is 44.2 Å². The van der Waals surface area contributed by atoms with E-state index in [1.807, 2.05) is 0 Å². The molecule has 0 saturated carbocycles. The minimum absolute atomic E-state index is 0.577. The van der Waals surface area contributed by atoms with Gasteiger partial charge in [-0.2, -0.15) is 0 Å². The fourth-order valence-electron chi connectivity index (χ4n) is 0.894. The molecule has 0 unspecified atom stereocenters. The molecule has 1 aromatic rings. The molecule has 0 fully saturated rings. The van der Waals surface area contributed by atoms with Crippen LogP contribution < -0.4 is 9.47 Å². The molecule has 0 N–H and O–H groups in total. The highest BCUT2D eigenvalue weighted by atomic mass is 16.5. The molecule has 0 aromatic carbocycles. The normalized spacial score (nSPS) is 9.86. The van der Waals surface area contributed by atoms with Crippen LogP contribution in [0.15, 0.2) is 12.4 Å². The van der Waals surface area contributed by atoms with Crippen molar-refractivity contribution in [1.82, 2.24) is 9.97 Å². The van der Waals surface area contributed by atoms with Gasteiger partial charge in [-0.25, -0.2) is 9.97 Å². The van der Waals surface area contributed by atoms with Crippen LogP contribution in [-0.2, 0) is 0 Å². The number of hydrogen-bond acceptors (Lipinski definition) is 4. The quantitative estimate of drug-likeness (QED) is 0.698. The molecular formula is C10H16N2O2. The van der Waals surface area contributed by atoms with Crippen molar-refractivity contribution in [2.45, 2.75) is 26.7 Å². The fourth-order valence-corrected chi connectivity index (χ4v) is 0.894. The Morgan fingerprint density at radius 1 is 1.00 bits per heavy atom. The van der Waals surface area contributed by atoms with Crippen molar-refractivity contribution >= 4 is 0 Å². The third-order valence-electron chi connectivity index (χ3n) is 1.53. The van der Waals surface area contributed by atoms with Crippen molar-refractivity contribution in [2.75, 3.05) is 13.2 Å². The molecule has 4 nitrogen and oxygen atoms in total. The predicted octanol–water partition coefficient (Wildman–Crippen LogP) is 2.05. The van der Waals surface area contributed by atoms with Gasteiger partial charge in [0.1, 0.15) is 6.33 Å². The molecule has 0 saturated heterocycles. The molecule has 1 heterocycles. The first-order valence-corrected chi connectivity index (χ1v) is 4.94. The van der Waals surface area contributed by atoms with Crippen molar-refractivity contribution in [3.05, 3.63) is 12.4 Å². The van der Waals surface area contributed by atoms with Crippen LogP contribution in [0.2, 0.25) is 0 Å². The largest absolute Gasteiger partial charge is 0.478 e. The van der Waals surface area contributed by atoms with Crippen LogP contribution in [0.5, 0.6) is 11.8 Å². The maximum atomic E-state index is 5.34. The lowest BCUT2D eigenvalue weighted by Gasteiger charge is -2.05. The van der Waals surface area contributed by atoms with Gasteiger partial charge in [0, 0.05) is 0 Å². The molecule has 14 heavy (non-hydrogen) atoms. The van der Waals surface area contributed by atoms with E-state index in [-0.39, 0.29) is 0 Å². The van der Waals surface area contributed by atoms with Gasteiger partial charge in [-0.15, -0.1) is 0 Å². The van der Waals surface area contributed by atoms with Crippen molar-refractivity contribution in [3.63, 3.8) is 0 Å². The minimum atomic E-state index is 0.577. The number of rotatable bonds is 6. The lowest BCUT2D eigenvalue weighted by Crippen LogP contribution is -2.01. The van der Waals surface area contributed by atoms with Crippen LogP contribution in [0.1, 0.15) is 26.7 Å². The summed E-state index contributed by atoms with van der Waals surface area (Å²) in [6, 6.07) is 1.71. The van der Waals surface area contributed by atoms with Gasteiger partial charge in [0.25, 0.3) is 0 Å². The van der Waals surface area contributed by atoms with Gasteiger partial charge in [0.2, 0.25) is 11.8 Å². The molecule has 0 amide bonds. The Hall–Kier alpha value is -1.32. The summed E-state index contributed by atoms with van der Waals surface area (Å²) in [6.07, 6.45) is 3.39. The highest BCUT2D eigenvalue weighted by Gasteiger charge is 1.99. The lowest BCUT2D eigenvalue weighted by molar-refractivity contribution is 0.285. The van der Waals surface area contributed by atoms with E-state index in [9.17, 15) is 0 Å². The van der Waals surface area contributed by atoms with Crippen molar-refractivity contribution in [3.8, 4) is 11.8 Å². The summed E-state index contributed by atoms with van der Waals surface area (Å²) in [6.45, 7) is 5.44.